The summed E-state index contributed by atoms with van der Waals surface area (Å²) >= 11 is 6.28. The largest absolute Gasteiger partial charge is 0.488 e. The van der Waals surface area contributed by atoms with Gasteiger partial charge in [0.25, 0.3) is 0 Å². The molecule has 1 aromatic carbocycles. The minimum atomic E-state index is -0.372. The van der Waals surface area contributed by atoms with E-state index in [9.17, 15) is 4.79 Å². The van der Waals surface area contributed by atoms with Crippen molar-refractivity contribution < 1.29 is 9.15 Å². The average Bonchev–Trinajstić information content (AvgIpc) is 2.48. The third kappa shape index (κ3) is 5.00. The van der Waals surface area contributed by atoms with E-state index in [0.717, 1.165) is 23.8 Å². The Labute approximate surface area is 147 Å². The van der Waals surface area contributed by atoms with Crippen molar-refractivity contribution in [2.75, 3.05) is 6.61 Å². The van der Waals surface area contributed by atoms with Crippen molar-refractivity contribution in [3.8, 4) is 5.75 Å². The zero-order valence-corrected chi connectivity index (χ0v) is 15.4. The van der Waals surface area contributed by atoms with Crippen molar-refractivity contribution >= 4 is 22.6 Å². The highest BCUT2D eigenvalue weighted by atomic mass is 35.5. The Morgan fingerprint density at radius 1 is 1.21 bits per heavy atom. The molecule has 0 unspecified atom stereocenters. The molecular formula is C20H23ClO3. The van der Waals surface area contributed by atoms with Crippen LogP contribution in [-0.4, -0.2) is 6.61 Å². The van der Waals surface area contributed by atoms with Crippen LogP contribution in [-0.2, 0) is 0 Å². The maximum absolute atomic E-state index is 11.5. The first-order chi connectivity index (χ1) is 11.4. The normalized spacial score (nSPS) is 11.6. The Bertz CT molecular complexity index is 840. The van der Waals surface area contributed by atoms with Gasteiger partial charge in [-0.3, -0.25) is 0 Å². The molecule has 0 aliphatic carbocycles. The van der Waals surface area contributed by atoms with E-state index in [-0.39, 0.29) is 5.63 Å². The standard InChI is InChI=1S/C20H23ClO3/c1-13(2)6-5-7-14(3)8-9-23-19-12-18-16(11-17(19)21)15(4)10-20(22)24-18/h6,8,10-12H,5,7,9H2,1-4H3/b14-8+. The minimum absolute atomic E-state index is 0.372. The van der Waals surface area contributed by atoms with Gasteiger partial charge in [-0.15, -0.1) is 0 Å². The van der Waals surface area contributed by atoms with Crippen LogP contribution in [0.4, 0.5) is 0 Å². The van der Waals surface area contributed by atoms with Gasteiger partial charge in [0.1, 0.15) is 17.9 Å². The van der Waals surface area contributed by atoms with Crippen LogP contribution in [0.5, 0.6) is 5.75 Å². The highest BCUT2D eigenvalue weighted by Crippen LogP contribution is 2.31. The first-order valence-electron chi connectivity index (χ1n) is 8.02. The number of hydrogen-bond acceptors (Lipinski definition) is 3. The first-order valence-corrected chi connectivity index (χ1v) is 8.40. The van der Waals surface area contributed by atoms with Crippen LogP contribution in [0.2, 0.25) is 5.02 Å². The van der Waals surface area contributed by atoms with Crippen molar-refractivity contribution in [2.24, 2.45) is 0 Å². The topological polar surface area (TPSA) is 39.4 Å². The molecule has 0 aliphatic heterocycles. The summed E-state index contributed by atoms with van der Waals surface area (Å²) in [7, 11) is 0. The van der Waals surface area contributed by atoms with Crippen molar-refractivity contribution in [1.82, 2.24) is 0 Å². The summed E-state index contributed by atoms with van der Waals surface area (Å²) in [5, 5.41) is 1.33. The molecule has 0 aliphatic rings. The van der Waals surface area contributed by atoms with E-state index in [2.05, 4.69) is 26.8 Å². The zero-order valence-electron chi connectivity index (χ0n) is 14.6. The van der Waals surface area contributed by atoms with Gasteiger partial charge in [-0.25, -0.2) is 4.79 Å². The number of aryl methyl sites for hydroxylation is 1. The maximum Gasteiger partial charge on any atom is 0.336 e. The number of ether oxygens (including phenoxy) is 1. The Morgan fingerprint density at radius 2 is 1.96 bits per heavy atom. The zero-order chi connectivity index (χ0) is 17.7. The second-order valence-electron chi connectivity index (χ2n) is 6.21. The Balaban J connectivity index is 2.09. The number of hydrogen-bond donors (Lipinski definition) is 0. The van der Waals surface area contributed by atoms with Gasteiger partial charge >= 0.3 is 5.63 Å². The number of benzene rings is 1. The molecule has 0 saturated heterocycles. The summed E-state index contributed by atoms with van der Waals surface area (Å²) in [6.07, 6.45) is 6.31. The molecule has 1 heterocycles. The predicted octanol–water partition coefficient (Wildman–Crippen LogP) is 5.83. The van der Waals surface area contributed by atoms with Gasteiger partial charge in [0.2, 0.25) is 0 Å². The van der Waals surface area contributed by atoms with Crippen LogP contribution in [0.25, 0.3) is 11.0 Å². The van der Waals surface area contributed by atoms with Crippen LogP contribution < -0.4 is 10.4 Å². The molecule has 24 heavy (non-hydrogen) atoms. The Kier molecular flexibility index (Phi) is 6.27. The quantitative estimate of drug-likeness (QED) is 0.488. The van der Waals surface area contributed by atoms with Crippen molar-refractivity contribution in [2.45, 2.75) is 40.5 Å². The molecule has 0 N–H and O–H groups in total. The van der Waals surface area contributed by atoms with E-state index in [1.54, 1.807) is 12.1 Å². The molecule has 0 radical (unpaired) electrons. The second-order valence-corrected chi connectivity index (χ2v) is 6.62. The Hall–Kier alpha value is -2.00. The Morgan fingerprint density at radius 3 is 2.67 bits per heavy atom. The molecule has 3 nitrogen and oxygen atoms in total. The summed E-state index contributed by atoms with van der Waals surface area (Å²) < 4.78 is 11.0. The maximum atomic E-state index is 11.5. The van der Waals surface area contributed by atoms with Crippen molar-refractivity contribution in [3.05, 3.63) is 62.5 Å². The molecule has 0 bridgehead atoms. The molecule has 2 rings (SSSR count). The fourth-order valence-electron chi connectivity index (χ4n) is 2.39. The lowest BCUT2D eigenvalue weighted by Crippen LogP contribution is -2.00. The van der Waals surface area contributed by atoms with Crippen LogP contribution >= 0.6 is 11.6 Å². The van der Waals surface area contributed by atoms with Crippen LogP contribution in [0.15, 0.2) is 50.7 Å². The molecule has 0 atom stereocenters. The third-order valence-corrected chi connectivity index (χ3v) is 4.06. The van der Waals surface area contributed by atoms with E-state index in [1.807, 2.05) is 13.0 Å². The smallest absolute Gasteiger partial charge is 0.336 e. The van der Waals surface area contributed by atoms with E-state index >= 15 is 0 Å². The highest BCUT2D eigenvalue weighted by molar-refractivity contribution is 6.32. The fourth-order valence-corrected chi connectivity index (χ4v) is 2.61. The molecule has 0 fully saturated rings. The SMILES string of the molecule is CC(C)=CCC/C(C)=C/COc1cc2oc(=O)cc(C)c2cc1Cl. The molecule has 0 amide bonds. The highest BCUT2D eigenvalue weighted by Gasteiger charge is 2.08. The van der Waals surface area contributed by atoms with Gasteiger partial charge in [-0.2, -0.15) is 0 Å². The van der Waals surface area contributed by atoms with Gasteiger partial charge in [0.15, 0.2) is 0 Å². The monoisotopic (exact) mass is 346 g/mol. The number of rotatable bonds is 6. The molecular weight excluding hydrogens is 324 g/mol. The first kappa shape index (κ1) is 18.3. The molecule has 1 aromatic heterocycles. The summed E-state index contributed by atoms with van der Waals surface area (Å²) in [6.45, 7) is 8.58. The van der Waals surface area contributed by atoms with Gasteiger partial charge in [0.05, 0.1) is 5.02 Å². The summed E-state index contributed by atoms with van der Waals surface area (Å²) in [5.74, 6) is 0.520. The summed E-state index contributed by atoms with van der Waals surface area (Å²) in [6, 6.07) is 4.91. The van der Waals surface area contributed by atoms with E-state index < -0.39 is 0 Å². The molecule has 2 aromatic rings. The van der Waals surface area contributed by atoms with Gasteiger partial charge < -0.3 is 9.15 Å². The lowest BCUT2D eigenvalue weighted by molar-refractivity contribution is 0.361. The van der Waals surface area contributed by atoms with Crippen LogP contribution in [0, 0.1) is 6.92 Å². The van der Waals surface area contributed by atoms with Gasteiger partial charge in [-0.05, 0) is 58.2 Å². The van der Waals surface area contributed by atoms with Crippen LogP contribution in [0.1, 0.15) is 39.2 Å². The van der Waals surface area contributed by atoms with Crippen molar-refractivity contribution in [1.29, 1.82) is 0 Å². The average molecular weight is 347 g/mol. The van der Waals surface area contributed by atoms with Crippen molar-refractivity contribution in [3.63, 3.8) is 0 Å². The minimum Gasteiger partial charge on any atom is -0.488 e. The number of allylic oxidation sites excluding steroid dienone is 3. The fraction of sp³-hybridized carbons (Fsp3) is 0.350. The number of halogens is 1. The molecule has 4 heteroatoms. The van der Waals surface area contributed by atoms with E-state index in [0.29, 0.717) is 23.0 Å². The lowest BCUT2D eigenvalue weighted by Gasteiger charge is -2.09. The van der Waals surface area contributed by atoms with Gasteiger partial charge in [0, 0.05) is 17.5 Å². The van der Waals surface area contributed by atoms with E-state index in [1.165, 1.54) is 17.2 Å². The van der Waals surface area contributed by atoms with Crippen LogP contribution in [0.3, 0.4) is 0 Å². The summed E-state index contributed by atoms with van der Waals surface area (Å²) in [4.78, 5) is 11.5. The summed E-state index contributed by atoms with van der Waals surface area (Å²) in [5.41, 5.74) is 3.56. The number of fused-ring (bicyclic) bond motifs is 1. The second kappa shape index (κ2) is 8.20. The molecule has 128 valence electrons. The predicted molar refractivity (Wildman–Crippen MR) is 100 cm³/mol. The lowest BCUT2D eigenvalue weighted by atomic mass is 10.1. The van der Waals surface area contributed by atoms with Gasteiger partial charge in [-0.1, -0.05) is 28.8 Å². The molecule has 0 saturated carbocycles. The molecule has 0 spiro atoms. The van der Waals surface area contributed by atoms with E-state index in [4.69, 9.17) is 20.8 Å². The third-order valence-electron chi connectivity index (χ3n) is 3.77.